The molecule has 3 atom stereocenters. The van der Waals surface area contributed by atoms with Gasteiger partial charge in [-0.05, 0) is 37.4 Å². The van der Waals surface area contributed by atoms with E-state index in [1.165, 1.54) is 0 Å². The van der Waals surface area contributed by atoms with Crippen LogP contribution in [0.4, 0.5) is 0 Å². The fourth-order valence-electron chi connectivity index (χ4n) is 3.64. The minimum atomic E-state index is -0.309. The molecular formula is C18H27N3O3. The van der Waals surface area contributed by atoms with E-state index >= 15 is 0 Å². The van der Waals surface area contributed by atoms with E-state index in [4.69, 9.17) is 9.47 Å². The van der Waals surface area contributed by atoms with Gasteiger partial charge < -0.3 is 14.4 Å². The van der Waals surface area contributed by atoms with Crippen LogP contribution < -0.4 is 0 Å². The molecule has 3 rings (SSSR count). The molecule has 6 nitrogen and oxygen atoms in total. The van der Waals surface area contributed by atoms with Crippen LogP contribution in [0.2, 0.25) is 0 Å². The Labute approximate surface area is 143 Å². The van der Waals surface area contributed by atoms with Crippen molar-refractivity contribution in [1.29, 1.82) is 0 Å². The largest absolute Gasteiger partial charge is 0.383 e. The maximum Gasteiger partial charge on any atom is 0.251 e. The van der Waals surface area contributed by atoms with Gasteiger partial charge >= 0.3 is 0 Å². The lowest BCUT2D eigenvalue weighted by atomic mass is 9.91. The third-order valence-electron chi connectivity index (χ3n) is 5.02. The molecule has 132 valence electrons. The number of pyridine rings is 1. The number of fused-ring (bicyclic) bond motifs is 1. The van der Waals surface area contributed by atoms with Gasteiger partial charge in [0.25, 0.3) is 5.91 Å². The number of carbonyl (C=O) groups excluding carboxylic acids is 1. The summed E-state index contributed by atoms with van der Waals surface area (Å²) in [6, 6.07) is 5.76. The van der Waals surface area contributed by atoms with E-state index in [-0.39, 0.29) is 18.1 Å². The van der Waals surface area contributed by atoms with E-state index in [0.717, 1.165) is 44.8 Å². The van der Waals surface area contributed by atoms with Gasteiger partial charge in [-0.1, -0.05) is 6.07 Å². The first-order valence-corrected chi connectivity index (χ1v) is 8.69. The maximum atomic E-state index is 12.7. The highest BCUT2D eigenvalue weighted by molar-refractivity contribution is 5.81. The van der Waals surface area contributed by atoms with Crippen LogP contribution >= 0.6 is 0 Å². The number of hydrogen-bond acceptors (Lipinski definition) is 5. The van der Waals surface area contributed by atoms with Crippen molar-refractivity contribution in [2.45, 2.75) is 31.6 Å². The molecule has 0 aromatic carbocycles. The van der Waals surface area contributed by atoms with Crippen LogP contribution in [0.3, 0.4) is 0 Å². The van der Waals surface area contributed by atoms with Crippen molar-refractivity contribution in [3.8, 4) is 0 Å². The summed E-state index contributed by atoms with van der Waals surface area (Å²) in [7, 11) is 3.55. The number of carbonyl (C=O) groups is 1. The number of hydrogen-bond donors (Lipinski definition) is 0. The average molecular weight is 333 g/mol. The van der Waals surface area contributed by atoms with Gasteiger partial charge in [-0.3, -0.25) is 14.7 Å². The summed E-state index contributed by atoms with van der Waals surface area (Å²) in [5, 5.41) is 0. The quantitative estimate of drug-likeness (QED) is 0.782. The fraction of sp³-hybridized carbons (Fsp3) is 0.667. The molecule has 0 aliphatic carbocycles. The molecule has 1 amide bonds. The Kier molecular flexibility index (Phi) is 5.81. The number of likely N-dealkylation sites (tertiary alicyclic amines) is 1. The van der Waals surface area contributed by atoms with Crippen molar-refractivity contribution in [2.75, 3.05) is 40.4 Å². The molecule has 2 saturated heterocycles. The zero-order valence-electron chi connectivity index (χ0n) is 14.6. The van der Waals surface area contributed by atoms with Gasteiger partial charge in [-0.2, -0.15) is 0 Å². The van der Waals surface area contributed by atoms with Crippen molar-refractivity contribution in [2.24, 2.45) is 5.92 Å². The van der Waals surface area contributed by atoms with Crippen LogP contribution in [-0.2, 0) is 20.8 Å². The van der Waals surface area contributed by atoms with E-state index in [1.807, 2.05) is 25.2 Å². The SMILES string of the molecule is COCCN1CC[C@H]2C[C@@H](C(=O)N(C)Cc3ccccn3)O[C@H]2C1. The van der Waals surface area contributed by atoms with Gasteiger partial charge in [-0.15, -0.1) is 0 Å². The first kappa shape index (κ1) is 17.3. The molecule has 0 N–H and O–H groups in total. The molecule has 0 saturated carbocycles. The van der Waals surface area contributed by atoms with Gasteiger partial charge in [0, 0.05) is 33.4 Å². The summed E-state index contributed by atoms with van der Waals surface area (Å²) in [6.07, 6.45) is 3.56. The summed E-state index contributed by atoms with van der Waals surface area (Å²) in [5.41, 5.74) is 0.898. The third kappa shape index (κ3) is 4.12. The van der Waals surface area contributed by atoms with Crippen LogP contribution in [0, 0.1) is 5.92 Å². The van der Waals surface area contributed by atoms with Crippen molar-refractivity contribution in [3.05, 3.63) is 30.1 Å². The highest BCUT2D eigenvalue weighted by Crippen LogP contribution is 2.33. The highest BCUT2D eigenvalue weighted by atomic mass is 16.5. The number of nitrogens with zero attached hydrogens (tertiary/aromatic N) is 3. The second kappa shape index (κ2) is 8.05. The zero-order chi connectivity index (χ0) is 16.9. The summed E-state index contributed by atoms with van der Waals surface area (Å²) in [6.45, 7) is 4.17. The molecule has 0 radical (unpaired) electrons. The van der Waals surface area contributed by atoms with Crippen LogP contribution in [0.5, 0.6) is 0 Å². The lowest BCUT2D eigenvalue weighted by Crippen LogP contribution is -2.43. The van der Waals surface area contributed by atoms with Crippen molar-refractivity contribution in [3.63, 3.8) is 0 Å². The molecule has 0 spiro atoms. The summed E-state index contributed by atoms with van der Waals surface area (Å²) < 4.78 is 11.3. The van der Waals surface area contributed by atoms with E-state index < -0.39 is 0 Å². The van der Waals surface area contributed by atoms with Gasteiger partial charge in [-0.25, -0.2) is 0 Å². The van der Waals surface area contributed by atoms with Crippen LogP contribution in [-0.4, -0.2) is 73.3 Å². The molecule has 24 heavy (non-hydrogen) atoms. The lowest BCUT2D eigenvalue weighted by molar-refractivity contribution is -0.143. The molecule has 0 bridgehead atoms. The standard InChI is InChI=1S/C18H27N3O3/c1-20(12-15-5-3-4-7-19-15)18(22)16-11-14-6-8-21(9-10-23-2)13-17(14)24-16/h3-5,7,14,16-17H,6,8-13H2,1-2H3/t14-,16-,17-/m0/s1. The Hall–Kier alpha value is -1.50. The van der Waals surface area contributed by atoms with Gasteiger partial charge in [0.05, 0.1) is 24.9 Å². The minimum Gasteiger partial charge on any atom is -0.383 e. The smallest absolute Gasteiger partial charge is 0.251 e. The van der Waals surface area contributed by atoms with E-state index in [9.17, 15) is 4.79 Å². The first-order chi connectivity index (χ1) is 11.7. The molecule has 0 unspecified atom stereocenters. The fourth-order valence-corrected chi connectivity index (χ4v) is 3.64. The summed E-state index contributed by atoms with van der Waals surface area (Å²) >= 11 is 0. The Balaban J connectivity index is 1.52. The van der Waals surface area contributed by atoms with E-state index in [1.54, 1.807) is 18.2 Å². The topological polar surface area (TPSA) is 54.9 Å². The minimum absolute atomic E-state index is 0.0681. The Morgan fingerprint density at radius 2 is 2.38 bits per heavy atom. The summed E-state index contributed by atoms with van der Waals surface area (Å²) in [4.78, 5) is 21.1. The Morgan fingerprint density at radius 1 is 1.50 bits per heavy atom. The summed E-state index contributed by atoms with van der Waals surface area (Å²) in [5.74, 6) is 0.569. The second-order valence-electron chi connectivity index (χ2n) is 6.76. The van der Waals surface area contributed by atoms with Crippen molar-refractivity contribution >= 4 is 5.91 Å². The average Bonchev–Trinajstić information content (AvgIpc) is 3.03. The molecule has 1 aromatic heterocycles. The first-order valence-electron chi connectivity index (χ1n) is 8.69. The molecule has 2 aliphatic rings. The number of rotatable bonds is 6. The molecule has 3 heterocycles. The molecular weight excluding hydrogens is 306 g/mol. The number of methoxy groups -OCH3 is 1. The predicted octanol–water partition coefficient (Wildman–Crippen LogP) is 1.17. The molecule has 2 aliphatic heterocycles. The van der Waals surface area contributed by atoms with E-state index in [0.29, 0.717) is 12.5 Å². The number of amides is 1. The maximum absolute atomic E-state index is 12.7. The highest BCUT2D eigenvalue weighted by Gasteiger charge is 2.42. The zero-order valence-corrected chi connectivity index (χ0v) is 14.6. The molecule has 1 aromatic rings. The predicted molar refractivity (Wildman–Crippen MR) is 90.4 cm³/mol. The van der Waals surface area contributed by atoms with Crippen molar-refractivity contribution < 1.29 is 14.3 Å². The van der Waals surface area contributed by atoms with Crippen molar-refractivity contribution in [1.82, 2.24) is 14.8 Å². The van der Waals surface area contributed by atoms with Gasteiger partial charge in [0.1, 0.15) is 6.10 Å². The third-order valence-corrected chi connectivity index (χ3v) is 5.02. The number of likely N-dealkylation sites (N-methyl/N-ethyl adjacent to an activating group) is 1. The Bertz CT molecular complexity index is 540. The number of aromatic nitrogens is 1. The second-order valence-corrected chi connectivity index (χ2v) is 6.76. The number of piperidine rings is 1. The monoisotopic (exact) mass is 333 g/mol. The van der Waals surface area contributed by atoms with E-state index in [2.05, 4.69) is 9.88 Å². The van der Waals surface area contributed by atoms with Gasteiger partial charge in [0.15, 0.2) is 0 Å². The lowest BCUT2D eigenvalue weighted by Gasteiger charge is -2.33. The Morgan fingerprint density at radius 3 is 3.12 bits per heavy atom. The van der Waals surface area contributed by atoms with Crippen LogP contribution in [0.15, 0.2) is 24.4 Å². The van der Waals surface area contributed by atoms with Gasteiger partial charge in [0.2, 0.25) is 0 Å². The molecule has 6 heteroatoms. The van der Waals surface area contributed by atoms with Crippen LogP contribution in [0.25, 0.3) is 0 Å². The van der Waals surface area contributed by atoms with Crippen LogP contribution in [0.1, 0.15) is 18.5 Å². The molecule has 2 fully saturated rings. The normalized spacial score (nSPS) is 27.0. The number of ether oxygens (including phenoxy) is 2.